The second kappa shape index (κ2) is 7.30. The fourth-order valence-electron chi connectivity index (χ4n) is 2.31. The van der Waals surface area contributed by atoms with E-state index in [1.54, 1.807) is 18.2 Å². The van der Waals surface area contributed by atoms with Gasteiger partial charge in [-0.3, -0.25) is 4.72 Å². The number of anilines is 1. The van der Waals surface area contributed by atoms with Gasteiger partial charge in [-0.15, -0.1) is 0 Å². The molecule has 0 aromatic heterocycles. The highest BCUT2D eigenvalue weighted by atomic mass is 32.2. The monoisotopic (exact) mass is 328 g/mol. The number of benzene rings is 2. The molecular weight excluding hydrogens is 308 g/mol. The van der Waals surface area contributed by atoms with Crippen LogP contribution in [0.4, 0.5) is 5.69 Å². The Labute approximate surface area is 137 Å². The Morgan fingerprint density at radius 1 is 1.17 bits per heavy atom. The summed E-state index contributed by atoms with van der Waals surface area (Å²) in [5, 5.41) is 8.90. The molecule has 2 rings (SSSR count). The first-order chi connectivity index (χ1) is 11.0. The number of rotatable bonds is 6. The molecule has 23 heavy (non-hydrogen) atoms. The van der Waals surface area contributed by atoms with Crippen molar-refractivity contribution in [2.45, 2.75) is 38.0 Å². The van der Waals surface area contributed by atoms with Gasteiger partial charge in [0.05, 0.1) is 22.2 Å². The molecule has 0 spiro atoms. The maximum Gasteiger partial charge on any atom is 0.261 e. The molecule has 0 aliphatic heterocycles. The summed E-state index contributed by atoms with van der Waals surface area (Å²) in [6.45, 7) is 4.03. The van der Waals surface area contributed by atoms with E-state index >= 15 is 0 Å². The number of hydrogen-bond acceptors (Lipinski definition) is 3. The van der Waals surface area contributed by atoms with E-state index in [0.29, 0.717) is 11.3 Å². The van der Waals surface area contributed by atoms with Crippen LogP contribution < -0.4 is 4.72 Å². The van der Waals surface area contributed by atoms with Crippen LogP contribution in [0.15, 0.2) is 47.4 Å². The molecule has 0 unspecified atom stereocenters. The first kappa shape index (κ1) is 17.0. The lowest BCUT2D eigenvalue weighted by Crippen LogP contribution is -2.14. The number of sulfonamides is 1. The van der Waals surface area contributed by atoms with Gasteiger partial charge in [0.1, 0.15) is 0 Å². The zero-order valence-electron chi connectivity index (χ0n) is 13.3. The maximum atomic E-state index is 12.5. The van der Waals surface area contributed by atoms with E-state index in [1.165, 1.54) is 17.7 Å². The first-order valence-corrected chi connectivity index (χ1v) is 9.07. The van der Waals surface area contributed by atoms with Crippen LogP contribution in [0.5, 0.6) is 0 Å². The molecule has 5 heteroatoms. The lowest BCUT2D eigenvalue weighted by molar-refractivity contribution is 0.601. The fraction of sp³-hybridized carbons (Fsp3) is 0.278. The number of nitriles is 1. The van der Waals surface area contributed by atoms with Crippen molar-refractivity contribution in [1.82, 2.24) is 0 Å². The highest BCUT2D eigenvalue weighted by molar-refractivity contribution is 7.92. The molecule has 0 saturated heterocycles. The topological polar surface area (TPSA) is 70.0 Å². The maximum absolute atomic E-state index is 12.5. The Morgan fingerprint density at radius 3 is 2.61 bits per heavy atom. The van der Waals surface area contributed by atoms with Crippen molar-refractivity contribution in [3.05, 3.63) is 59.2 Å². The largest absolute Gasteiger partial charge is 0.279 e. The molecule has 2 aromatic carbocycles. The van der Waals surface area contributed by atoms with Gasteiger partial charge in [0, 0.05) is 0 Å². The molecule has 0 aliphatic carbocycles. The van der Waals surface area contributed by atoms with E-state index in [9.17, 15) is 8.42 Å². The summed E-state index contributed by atoms with van der Waals surface area (Å²) in [6, 6.07) is 13.7. The van der Waals surface area contributed by atoms with Gasteiger partial charge in [-0.25, -0.2) is 8.42 Å². The van der Waals surface area contributed by atoms with E-state index in [2.05, 4.69) is 11.6 Å². The van der Waals surface area contributed by atoms with Crippen LogP contribution in [0.2, 0.25) is 0 Å². The van der Waals surface area contributed by atoms with Crippen LogP contribution >= 0.6 is 0 Å². The number of nitrogens with zero attached hydrogens (tertiary/aromatic N) is 1. The molecule has 0 heterocycles. The number of aryl methyl sites for hydroxylation is 2. The van der Waals surface area contributed by atoms with Crippen molar-refractivity contribution < 1.29 is 8.42 Å². The number of hydrogen-bond donors (Lipinski definition) is 1. The summed E-state index contributed by atoms with van der Waals surface area (Å²) in [7, 11) is -3.70. The Bertz CT molecular complexity index is 836. The summed E-state index contributed by atoms with van der Waals surface area (Å²) in [5.41, 5.74) is 2.98. The van der Waals surface area contributed by atoms with Gasteiger partial charge in [-0.1, -0.05) is 31.5 Å². The van der Waals surface area contributed by atoms with Crippen molar-refractivity contribution in [3.63, 3.8) is 0 Å². The highest BCUT2D eigenvalue weighted by Gasteiger charge is 2.15. The second-order valence-corrected chi connectivity index (χ2v) is 7.18. The summed E-state index contributed by atoms with van der Waals surface area (Å²) >= 11 is 0. The lowest BCUT2D eigenvalue weighted by atomic mass is 10.1. The number of nitrogens with one attached hydrogen (secondary N) is 1. The molecule has 0 bridgehead atoms. The SMILES string of the molecule is CCCCc1ccc(NS(=O)(=O)c2cccc(C#N)c2)c(C)c1. The van der Waals surface area contributed by atoms with Crippen molar-refractivity contribution in [1.29, 1.82) is 5.26 Å². The lowest BCUT2D eigenvalue weighted by Gasteiger charge is -2.12. The average Bonchev–Trinajstić information content (AvgIpc) is 2.55. The Balaban J connectivity index is 2.25. The zero-order chi connectivity index (χ0) is 16.9. The first-order valence-electron chi connectivity index (χ1n) is 7.59. The van der Waals surface area contributed by atoms with Gasteiger partial charge in [-0.2, -0.15) is 5.26 Å². The van der Waals surface area contributed by atoms with E-state index in [4.69, 9.17) is 5.26 Å². The molecular formula is C18H20N2O2S. The van der Waals surface area contributed by atoms with Gasteiger partial charge in [0.15, 0.2) is 0 Å². The minimum absolute atomic E-state index is 0.0889. The van der Waals surface area contributed by atoms with Crippen molar-refractivity contribution >= 4 is 15.7 Å². The van der Waals surface area contributed by atoms with Gasteiger partial charge >= 0.3 is 0 Å². The van der Waals surface area contributed by atoms with Gasteiger partial charge in [0.25, 0.3) is 10.0 Å². The van der Waals surface area contributed by atoms with Crippen LogP contribution in [0, 0.1) is 18.3 Å². The standard InChI is InChI=1S/C18H20N2O2S/c1-3-4-6-15-9-10-18(14(2)11-15)20-23(21,22)17-8-5-7-16(12-17)13-19/h5,7-12,20H,3-4,6H2,1-2H3. The summed E-state index contributed by atoms with van der Waals surface area (Å²) in [4.78, 5) is 0.0889. The predicted octanol–water partition coefficient (Wildman–Crippen LogP) is 4.01. The molecule has 2 aromatic rings. The third-order valence-electron chi connectivity index (χ3n) is 3.63. The molecule has 0 atom stereocenters. The zero-order valence-corrected chi connectivity index (χ0v) is 14.2. The van der Waals surface area contributed by atoms with E-state index in [-0.39, 0.29) is 4.90 Å². The van der Waals surface area contributed by atoms with Crippen molar-refractivity contribution in [2.24, 2.45) is 0 Å². The molecule has 120 valence electrons. The average molecular weight is 328 g/mol. The summed E-state index contributed by atoms with van der Waals surface area (Å²) < 4.78 is 27.5. The minimum Gasteiger partial charge on any atom is -0.279 e. The molecule has 0 aliphatic rings. The fourth-order valence-corrected chi connectivity index (χ4v) is 3.49. The second-order valence-electron chi connectivity index (χ2n) is 5.50. The summed E-state index contributed by atoms with van der Waals surface area (Å²) in [5.74, 6) is 0. The smallest absolute Gasteiger partial charge is 0.261 e. The van der Waals surface area contributed by atoms with E-state index < -0.39 is 10.0 Å². The third kappa shape index (κ3) is 4.33. The van der Waals surface area contributed by atoms with E-state index in [1.807, 2.05) is 25.1 Å². The van der Waals surface area contributed by atoms with Crippen LogP contribution in [-0.4, -0.2) is 8.42 Å². The van der Waals surface area contributed by atoms with Gasteiger partial charge in [0.2, 0.25) is 0 Å². The molecule has 0 radical (unpaired) electrons. The molecule has 0 fully saturated rings. The summed E-state index contributed by atoms with van der Waals surface area (Å²) in [6.07, 6.45) is 3.24. The molecule has 0 saturated carbocycles. The Hall–Kier alpha value is -2.32. The number of unbranched alkanes of at least 4 members (excludes halogenated alkanes) is 1. The molecule has 0 amide bonds. The Kier molecular flexibility index (Phi) is 5.41. The van der Waals surface area contributed by atoms with Crippen LogP contribution in [0.1, 0.15) is 36.5 Å². The molecule has 1 N–H and O–H groups in total. The van der Waals surface area contributed by atoms with Gasteiger partial charge < -0.3 is 0 Å². The van der Waals surface area contributed by atoms with Crippen molar-refractivity contribution in [3.8, 4) is 6.07 Å². The van der Waals surface area contributed by atoms with Crippen LogP contribution in [0.25, 0.3) is 0 Å². The minimum atomic E-state index is -3.70. The van der Waals surface area contributed by atoms with E-state index in [0.717, 1.165) is 24.8 Å². The van der Waals surface area contributed by atoms with Crippen molar-refractivity contribution in [2.75, 3.05) is 4.72 Å². The predicted molar refractivity (Wildman–Crippen MR) is 91.8 cm³/mol. The van der Waals surface area contributed by atoms with Crippen LogP contribution in [0.3, 0.4) is 0 Å². The normalized spacial score (nSPS) is 11.0. The van der Waals surface area contributed by atoms with Gasteiger partial charge in [-0.05, 0) is 55.2 Å². The molecule has 4 nitrogen and oxygen atoms in total. The van der Waals surface area contributed by atoms with Crippen LogP contribution in [-0.2, 0) is 16.4 Å². The quantitative estimate of drug-likeness (QED) is 0.871. The highest BCUT2D eigenvalue weighted by Crippen LogP contribution is 2.22. The Morgan fingerprint density at radius 2 is 1.96 bits per heavy atom. The third-order valence-corrected chi connectivity index (χ3v) is 4.99.